The number of carbonyl (C=O) groups is 2. The van der Waals surface area contributed by atoms with Crippen molar-refractivity contribution < 1.29 is 14.3 Å². The van der Waals surface area contributed by atoms with Gasteiger partial charge in [-0.2, -0.15) is 0 Å². The van der Waals surface area contributed by atoms with Crippen LogP contribution in [0, 0.1) is 0 Å². The average Bonchev–Trinajstić information content (AvgIpc) is 3.16. The topological polar surface area (TPSA) is 81.2 Å². The van der Waals surface area contributed by atoms with Gasteiger partial charge in [0, 0.05) is 5.69 Å². The molecule has 132 valence electrons. The van der Waals surface area contributed by atoms with Crippen molar-refractivity contribution in [2.75, 3.05) is 11.9 Å². The number of nitrogens with one attached hydrogen (secondary N) is 1. The van der Waals surface area contributed by atoms with E-state index in [9.17, 15) is 9.59 Å². The monoisotopic (exact) mass is 367 g/mol. The summed E-state index contributed by atoms with van der Waals surface area (Å²) >= 11 is 0.970. The molecular weight excluding hydrogens is 350 g/mol. The van der Waals surface area contributed by atoms with E-state index < -0.39 is 11.9 Å². The summed E-state index contributed by atoms with van der Waals surface area (Å²) in [6.07, 6.45) is 0.584. The summed E-state index contributed by atoms with van der Waals surface area (Å²) in [5.74, 6) is -0.979. The zero-order chi connectivity index (χ0) is 18.4. The van der Waals surface area contributed by atoms with Gasteiger partial charge in [-0.1, -0.05) is 53.9 Å². The number of hydrogen-bond donors (Lipinski definition) is 1. The molecule has 1 N–H and O–H groups in total. The van der Waals surface area contributed by atoms with Crippen molar-refractivity contribution in [3.05, 3.63) is 65.2 Å². The van der Waals surface area contributed by atoms with Crippen LogP contribution in [0.4, 0.5) is 5.69 Å². The molecule has 6 nitrogen and oxygen atoms in total. The molecule has 3 rings (SSSR count). The number of esters is 1. The molecule has 0 saturated carbocycles. The van der Waals surface area contributed by atoms with E-state index in [4.69, 9.17) is 4.74 Å². The number of ether oxygens (including phenoxy) is 1. The number of amides is 1. The molecule has 0 fully saturated rings. The summed E-state index contributed by atoms with van der Waals surface area (Å²) in [6, 6.07) is 17.4. The van der Waals surface area contributed by atoms with Gasteiger partial charge < -0.3 is 10.1 Å². The molecule has 0 unspecified atom stereocenters. The Kier molecular flexibility index (Phi) is 5.70. The summed E-state index contributed by atoms with van der Waals surface area (Å²) in [5, 5.41) is 6.56. The van der Waals surface area contributed by atoms with E-state index in [0.29, 0.717) is 22.7 Å². The number of hydrogen-bond acceptors (Lipinski definition) is 6. The van der Waals surface area contributed by atoms with Gasteiger partial charge in [0.2, 0.25) is 0 Å². The molecule has 0 aliphatic rings. The lowest BCUT2D eigenvalue weighted by atomic mass is 10.1. The number of aromatic nitrogens is 2. The third-order valence-corrected chi connectivity index (χ3v) is 4.43. The average molecular weight is 367 g/mol. The second-order valence-electron chi connectivity index (χ2n) is 5.47. The highest BCUT2D eigenvalue weighted by Gasteiger charge is 2.17. The molecule has 0 aliphatic carbocycles. The minimum Gasteiger partial charge on any atom is -0.451 e. The number of carbonyl (C=O) groups excluding carboxylic acids is 2. The molecule has 0 saturated heterocycles. The van der Waals surface area contributed by atoms with E-state index in [2.05, 4.69) is 14.9 Å². The van der Waals surface area contributed by atoms with E-state index in [1.54, 1.807) is 0 Å². The quantitative estimate of drug-likeness (QED) is 0.674. The molecule has 2 aromatic carbocycles. The van der Waals surface area contributed by atoms with Gasteiger partial charge in [0.1, 0.15) is 0 Å². The Balaban J connectivity index is 1.54. The van der Waals surface area contributed by atoms with E-state index in [1.807, 2.05) is 61.5 Å². The minimum atomic E-state index is -0.577. The normalized spacial score (nSPS) is 10.3. The lowest BCUT2D eigenvalue weighted by molar-refractivity contribution is -0.119. The smallest absolute Gasteiger partial charge is 0.352 e. The molecular formula is C19H17N3O3S. The maximum atomic E-state index is 12.0. The van der Waals surface area contributed by atoms with Gasteiger partial charge in [-0.05, 0) is 41.2 Å². The van der Waals surface area contributed by atoms with Gasteiger partial charge in [-0.15, -0.1) is 5.10 Å². The van der Waals surface area contributed by atoms with Gasteiger partial charge in [-0.25, -0.2) is 4.79 Å². The predicted octanol–water partition coefficient (Wildman–Crippen LogP) is 3.56. The molecule has 0 atom stereocenters. The van der Waals surface area contributed by atoms with Crippen LogP contribution < -0.4 is 5.32 Å². The molecule has 0 bridgehead atoms. The molecule has 0 radical (unpaired) electrons. The molecule has 1 amide bonds. The number of nitrogens with zero attached hydrogens (tertiary/aromatic N) is 2. The maximum absolute atomic E-state index is 12.0. The maximum Gasteiger partial charge on any atom is 0.352 e. The highest BCUT2D eigenvalue weighted by atomic mass is 32.1. The van der Waals surface area contributed by atoms with Crippen LogP contribution in [0.5, 0.6) is 0 Å². The fourth-order valence-corrected chi connectivity index (χ4v) is 3.01. The molecule has 0 spiro atoms. The lowest BCUT2D eigenvalue weighted by Crippen LogP contribution is -2.21. The first-order chi connectivity index (χ1) is 12.7. The SMILES string of the molecule is CCc1nnsc1C(=O)OCC(=O)Nc1ccc(-c2ccccc2)cc1. The van der Waals surface area contributed by atoms with E-state index in [1.165, 1.54) is 0 Å². The molecule has 3 aromatic rings. The van der Waals surface area contributed by atoms with Crippen LogP contribution in [0.2, 0.25) is 0 Å². The lowest BCUT2D eigenvalue weighted by Gasteiger charge is -2.07. The van der Waals surface area contributed by atoms with Crippen LogP contribution in [-0.2, 0) is 16.0 Å². The number of anilines is 1. The third kappa shape index (κ3) is 4.31. The Morgan fingerprint density at radius 1 is 1.04 bits per heavy atom. The zero-order valence-electron chi connectivity index (χ0n) is 14.1. The number of benzene rings is 2. The van der Waals surface area contributed by atoms with E-state index in [-0.39, 0.29) is 6.61 Å². The van der Waals surface area contributed by atoms with Gasteiger partial charge in [0.25, 0.3) is 5.91 Å². The molecule has 7 heteroatoms. The summed E-state index contributed by atoms with van der Waals surface area (Å²) in [7, 11) is 0. The molecule has 1 aromatic heterocycles. The van der Waals surface area contributed by atoms with Crippen LogP contribution in [0.1, 0.15) is 22.3 Å². The second kappa shape index (κ2) is 8.35. The second-order valence-corrected chi connectivity index (χ2v) is 6.22. The van der Waals surface area contributed by atoms with Crippen molar-refractivity contribution in [1.82, 2.24) is 9.59 Å². The van der Waals surface area contributed by atoms with Crippen LogP contribution in [0.25, 0.3) is 11.1 Å². The Hall–Kier alpha value is -3.06. The van der Waals surface area contributed by atoms with Gasteiger partial charge in [0.15, 0.2) is 11.5 Å². The summed E-state index contributed by atoms with van der Waals surface area (Å²) in [4.78, 5) is 24.3. The zero-order valence-corrected chi connectivity index (χ0v) is 15.0. The number of aryl methyl sites for hydroxylation is 1. The third-order valence-electron chi connectivity index (χ3n) is 3.69. The highest BCUT2D eigenvalue weighted by molar-refractivity contribution is 7.07. The van der Waals surface area contributed by atoms with E-state index >= 15 is 0 Å². The summed E-state index contributed by atoms with van der Waals surface area (Å²) in [5.41, 5.74) is 3.38. The van der Waals surface area contributed by atoms with Crippen molar-refractivity contribution in [3.63, 3.8) is 0 Å². The minimum absolute atomic E-state index is 0.340. The first kappa shape index (κ1) is 17.8. The molecule has 1 heterocycles. The molecule has 26 heavy (non-hydrogen) atoms. The summed E-state index contributed by atoms with van der Waals surface area (Å²) < 4.78 is 8.77. The predicted molar refractivity (Wildman–Crippen MR) is 100 cm³/mol. The Bertz CT molecular complexity index is 892. The van der Waals surface area contributed by atoms with Gasteiger partial charge in [0.05, 0.1) is 5.69 Å². The Morgan fingerprint density at radius 2 is 1.73 bits per heavy atom. The van der Waals surface area contributed by atoms with Crippen LogP contribution in [0.3, 0.4) is 0 Å². The summed E-state index contributed by atoms with van der Waals surface area (Å²) in [6.45, 7) is 1.51. The van der Waals surface area contributed by atoms with Crippen LogP contribution in [0.15, 0.2) is 54.6 Å². The van der Waals surface area contributed by atoms with Crippen molar-refractivity contribution in [2.24, 2.45) is 0 Å². The fraction of sp³-hybridized carbons (Fsp3) is 0.158. The highest BCUT2D eigenvalue weighted by Crippen LogP contribution is 2.21. The van der Waals surface area contributed by atoms with Crippen molar-refractivity contribution >= 4 is 29.1 Å². The standard InChI is InChI=1S/C19H17N3O3S/c1-2-16-18(26-22-21-16)19(24)25-12-17(23)20-15-10-8-14(9-11-15)13-6-4-3-5-7-13/h3-11H,2,12H2,1H3,(H,20,23). The first-order valence-corrected chi connectivity index (χ1v) is 8.88. The van der Waals surface area contributed by atoms with Gasteiger partial charge in [-0.3, -0.25) is 4.79 Å². The van der Waals surface area contributed by atoms with Crippen LogP contribution in [-0.4, -0.2) is 28.1 Å². The van der Waals surface area contributed by atoms with Crippen molar-refractivity contribution in [2.45, 2.75) is 13.3 Å². The van der Waals surface area contributed by atoms with Crippen molar-refractivity contribution in [3.8, 4) is 11.1 Å². The van der Waals surface area contributed by atoms with E-state index in [0.717, 1.165) is 22.7 Å². The molecule has 0 aliphatic heterocycles. The Morgan fingerprint density at radius 3 is 2.42 bits per heavy atom. The van der Waals surface area contributed by atoms with Crippen LogP contribution >= 0.6 is 11.5 Å². The van der Waals surface area contributed by atoms with Crippen molar-refractivity contribution in [1.29, 1.82) is 0 Å². The number of rotatable bonds is 6. The van der Waals surface area contributed by atoms with Gasteiger partial charge >= 0.3 is 5.97 Å². The largest absolute Gasteiger partial charge is 0.451 e. The fourth-order valence-electron chi connectivity index (χ4n) is 2.37. The first-order valence-electron chi connectivity index (χ1n) is 8.11. The Labute approximate surface area is 155 Å².